The minimum atomic E-state index is -1.11. The standard InChI is InChI=1S/C13H9NO5/c15-12(16)2-1-7-3-8-4-10-11(19-6-18-10)5-9(8)14-13(7)17/h1-5H,6H2,(H,14,17)(H,15,16)/b2-1+. The van der Waals surface area contributed by atoms with Gasteiger partial charge in [0.2, 0.25) is 6.79 Å². The molecule has 0 saturated heterocycles. The molecule has 19 heavy (non-hydrogen) atoms. The maximum Gasteiger partial charge on any atom is 0.328 e. The van der Waals surface area contributed by atoms with Crippen LogP contribution in [0.2, 0.25) is 0 Å². The Bertz CT molecular complexity index is 759. The average molecular weight is 259 g/mol. The van der Waals surface area contributed by atoms with Crippen LogP contribution in [-0.4, -0.2) is 22.9 Å². The van der Waals surface area contributed by atoms with Gasteiger partial charge in [-0.15, -0.1) is 0 Å². The summed E-state index contributed by atoms with van der Waals surface area (Å²) in [5.74, 6) is 0.0786. The van der Waals surface area contributed by atoms with Crippen LogP contribution < -0.4 is 15.0 Å². The van der Waals surface area contributed by atoms with Crippen LogP contribution in [0.15, 0.2) is 29.1 Å². The van der Waals surface area contributed by atoms with E-state index in [1.807, 2.05) is 0 Å². The predicted octanol–water partition coefficient (Wildman–Crippen LogP) is 1.35. The van der Waals surface area contributed by atoms with Gasteiger partial charge in [-0.05, 0) is 18.2 Å². The van der Waals surface area contributed by atoms with Crippen molar-refractivity contribution in [3.63, 3.8) is 0 Å². The van der Waals surface area contributed by atoms with Gasteiger partial charge in [0, 0.05) is 23.1 Å². The van der Waals surface area contributed by atoms with E-state index in [1.165, 1.54) is 6.08 Å². The normalized spacial score (nSPS) is 13.3. The Morgan fingerprint density at radius 3 is 2.74 bits per heavy atom. The van der Waals surface area contributed by atoms with Crippen molar-refractivity contribution in [2.24, 2.45) is 0 Å². The molecule has 0 spiro atoms. The molecule has 1 aliphatic rings. The third kappa shape index (κ3) is 2.03. The maximum atomic E-state index is 11.8. The number of pyridine rings is 1. The molecule has 0 fully saturated rings. The summed E-state index contributed by atoms with van der Waals surface area (Å²) >= 11 is 0. The van der Waals surface area contributed by atoms with Crippen LogP contribution >= 0.6 is 0 Å². The number of hydrogen-bond acceptors (Lipinski definition) is 4. The summed E-state index contributed by atoms with van der Waals surface area (Å²) in [7, 11) is 0. The van der Waals surface area contributed by atoms with Gasteiger partial charge in [-0.2, -0.15) is 0 Å². The number of aromatic amines is 1. The van der Waals surface area contributed by atoms with E-state index in [0.29, 0.717) is 17.0 Å². The van der Waals surface area contributed by atoms with Crippen molar-refractivity contribution in [1.82, 2.24) is 4.98 Å². The molecule has 0 atom stereocenters. The van der Waals surface area contributed by atoms with Gasteiger partial charge in [0.05, 0.1) is 5.52 Å². The summed E-state index contributed by atoms with van der Waals surface area (Å²) in [5, 5.41) is 9.31. The summed E-state index contributed by atoms with van der Waals surface area (Å²) in [6.45, 7) is 0.154. The second-order valence-corrected chi connectivity index (χ2v) is 4.02. The topological polar surface area (TPSA) is 88.6 Å². The fourth-order valence-electron chi connectivity index (χ4n) is 1.90. The van der Waals surface area contributed by atoms with Gasteiger partial charge in [0.25, 0.3) is 5.56 Å². The summed E-state index contributed by atoms with van der Waals surface area (Å²) < 4.78 is 10.5. The number of nitrogens with one attached hydrogen (secondary N) is 1. The lowest BCUT2D eigenvalue weighted by Gasteiger charge is -2.02. The third-order valence-corrected chi connectivity index (χ3v) is 2.77. The molecule has 0 unspecified atom stereocenters. The fourth-order valence-corrected chi connectivity index (χ4v) is 1.90. The second kappa shape index (κ2) is 4.16. The maximum absolute atomic E-state index is 11.8. The van der Waals surface area contributed by atoms with Crippen LogP contribution in [-0.2, 0) is 4.79 Å². The Hall–Kier alpha value is -2.76. The number of carboxylic acids is 1. The lowest BCUT2D eigenvalue weighted by molar-refractivity contribution is -0.131. The van der Waals surface area contributed by atoms with Crippen LogP contribution in [0.25, 0.3) is 17.0 Å². The van der Waals surface area contributed by atoms with Crippen molar-refractivity contribution in [1.29, 1.82) is 0 Å². The highest BCUT2D eigenvalue weighted by Gasteiger charge is 2.14. The molecule has 2 heterocycles. The Morgan fingerprint density at radius 1 is 1.26 bits per heavy atom. The zero-order chi connectivity index (χ0) is 13.4. The van der Waals surface area contributed by atoms with Crippen molar-refractivity contribution in [2.75, 3.05) is 6.79 Å². The van der Waals surface area contributed by atoms with Gasteiger partial charge in [0.1, 0.15) is 0 Å². The van der Waals surface area contributed by atoms with E-state index in [4.69, 9.17) is 14.6 Å². The largest absolute Gasteiger partial charge is 0.478 e. The molecular weight excluding hydrogens is 250 g/mol. The summed E-state index contributed by atoms with van der Waals surface area (Å²) in [6.07, 6.45) is 2.18. The molecule has 0 bridgehead atoms. The lowest BCUT2D eigenvalue weighted by atomic mass is 10.1. The van der Waals surface area contributed by atoms with E-state index in [9.17, 15) is 9.59 Å². The number of ether oxygens (including phenoxy) is 2. The molecule has 3 rings (SSSR count). The van der Waals surface area contributed by atoms with Gasteiger partial charge in [-0.1, -0.05) is 0 Å². The predicted molar refractivity (Wildman–Crippen MR) is 67.4 cm³/mol. The minimum Gasteiger partial charge on any atom is -0.478 e. The summed E-state index contributed by atoms with van der Waals surface area (Å²) in [5.41, 5.74) is 0.527. The molecule has 96 valence electrons. The number of carbonyl (C=O) groups is 1. The minimum absolute atomic E-state index is 0.154. The van der Waals surface area contributed by atoms with Gasteiger partial charge in [0.15, 0.2) is 11.5 Å². The van der Waals surface area contributed by atoms with Crippen LogP contribution in [0.4, 0.5) is 0 Å². The van der Waals surface area contributed by atoms with E-state index < -0.39 is 5.97 Å². The highest BCUT2D eigenvalue weighted by Crippen LogP contribution is 2.35. The van der Waals surface area contributed by atoms with E-state index >= 15 is 0 Å². The average Bonchev–Trinajstić information content (AvgIpc) is 2.80. The molecule has 6 heteroatoms. The van der Waals surface area contributed by atoms with Crippen molar-refractivity contribution < 1.29 is 19.4 Å². The molecule has 0 amide bonds. The Kier molecular flexibility index (Phi) is 2.49. The first-order chi connectivity index (χ1) is 9.13. The third-order valence-electron chi connectivity index (χ3n) is 2.77. The van der Waals surface area contributed by atoms with Crippen molar-refractivity contribution in [3.05, 3.63) is 40.2 Å². The number of fused-ring (bicyclic) bond motifs is 2. The molecule has 0 aliphatic carbocycles. The monoisotopic (exact) mass is 259 g/mol. The highest BCUT2D eigenvalue weighted by atomic mass is 16.7. The zero-order valence-corrected chi connectivity index (χ0v) is 9.67. The number of benzene rings is 1. The molecular formula is C13H9NO5. The van der Waals surface area contributed by atoms with Gasteiger partial charge >= 0.3 is 5.97 Å². The number of rotatable bonds is 2. The van der Waals surface area contributed by atoms with Crippen LogP contribution in [0.3, 0.4) is 0 Å². The van der Waals surface area contributed by atoms with Gasteiger partial charge < -0.3 is 19.6 Å². The van der Waals surface area contributed by atoms with E-state index in [-0.39, 0.29) is 17.9 Å². The zero-order valence-electron chi connectivity index (χ0n) is 9.67. The van der Waals surface area contributed by atoms with Gasteiger partial charge in [-0.25, -0.2) is 4.79 Å². The SMILES string of the molecule is O=C(O)/C=C/c1cc2cc3c(cc2[nH]c1=O)OCO3. The van der Waals surface area contributed by atoms with E-state index in [1.54, 1.807) is 18.2 Å². The second-order valence-electron chi connectivity index (χ2n) is 4.02. The van der Waals surface area contributed by atoms with Crippen molar-refractivity contribution in [3.8, 4) is 11.5 Å². The van der Waals surface area contributed by atoms with E-state index in [2.05, 4.69) is 4.98 Å². The highest BCUT2D eigenvalue weighted by molar-refractivity contribution is 5.88. The number of carboxylic acid groups (broad SMARTS) is 1. The summed E-state index contributed by atoms with van der Waals surface area (Å²) in [6, 6.07) is 5.03. The molecule has 1 aromatic heterocycles. The van der Waals surface area contributed by atoms with E-state index in [0.717, 1.165) is 11.5 Å². The Labute approximate surface area is 106 Å². The molecule has 6 nitrogen and oxygen atoms in total. The number of aromatic nitrogens is 1. The Morgan fingerprint density at radius 2 is 2.00 bits per heavy atom. The first-order valence-corrected chi connectivity index (χ1v) is 5.51. The number of aliphatic carboxylic acids is 1. The number of H-pyrrole nitrogens is 1. The number of hydrogen-bond donors (Lipinski definition) is 2. The molecule has 0 saturated carbocycles. The summed E-state index contributed by atoms with van der Waals surface area (Å²) in [4.78, 5) is 24.9. The van der Waals surface area contributed by atoms with Crippen LogP contribution in [0, 0.1) is 0 Å². The quantitative estimate of drug-likeness (QED) is 0.795. The first-order valence-electron chi connectivity index (χ1n) is 5.51. The lowest BCUT2D eigenvalue weighted by Crippen LogP contribution is -2.09. The van der Waals surface area contributed by atoms with Crippen LogP contribution in [0.5, 0.6) is 11.5 Å². The van der Waals surface area contributed by atoms with Crippen molar-refractivity contribution in [2.45, 2.75) is 0 Å². The smallest absolute Gasteiger partial charge is 0.328 e. The fraction of sp³-hybridized carbons (Fsp3) is 0.0769. The van der Waals surface area contributed by atoms with Gasteiger partial charge in [-0.3, -0.25) is 4.79 Å². The van der Waals surface area contributed by atoms with Crippen molar-refractivity contribution >= 4 is 22.9 Å². The van der Waals surface area contributed by atoms with Crippen LogP contribution in [0.1, 0.15) is 5.56 Å². The molecule has 2 N–H and O–H groups in total. The molecule has 1 aliphatic heterocycles. The first kappa shape index (κ1) is 11.3. The molecule has 2 aromatic rings. The Balaban J connectivity index is 2.17. The molecule has 1 aromatic carbocycles. The molecule has 0 radical (unpaired) electrons.